The van der Waals surface area contributed by atoms with Crippen molar-refractivity contribution in [3.8, 4) is 5.75 Å². The maximum atomic E-state index is 14.4. The minimum Gasteiger partial charge on any atom is -0.496 e. The normalized spacial score (nSPS) is 22.5. The van der Waals surface area contributed by atoms with Crippen molar-refractivity contribution in [2.75, 3.05) is 25.1 Å². The average molecular weight is 413 g/mol. The minimum atomic E-state index is -0.452. The second kappa shape index (κ2) is 8.22. The number of anilines is 1. The second-order valence-electron chi connectivity index (χ2n) is 8.39. The molecule has 1 aromatic heterocycles. The van der Waals surface area contributed by atoms with Gasteiger partial charge in [0.25, 0.3) is 5.91 Å². The Bertz CT molecular complexity index is 922. The number of carbonyl (C=O) groups excluding carboxylic acids is 1. The molecule has 1 aliphatic carbocycles. The van der Waals surface area contributed by atoms with Crippen LogP contribution in [-0.4, -0.2) is 48.8 Å². The van der Waals surface area contributed by atoms with Crippen molar-refractivity contribution in [2.45, 2.75) is 50.9 Å². The van der Waals surface area contributed by atoms with Crippen molar-refractivity contribution in [1.29, 1.82) is 0 Å². The molecule has 30 heavy (non-hydrogen) atoms. The quantitative estimate of drug-likeness (QED) is 0.787. The molecule has 0 bridgehead atoms. The van der Waals surface area contributed by atoms with Crippen LogP contribution in [0.3, 0.4) is 0 Å². The van der Waals surface area contributed by atoms with Gasteiger partial charge in [0.15, 0.2) is 0 Å². The minimum absolute atomic E-state index is 0.129. The van der Waals surface area contributed by atoms with Crippen molar-refractivity contribution in [1.82, 2.24) is 10.3 Å². The van der Waals surface area contributed by atoms with E-state index in [1.807, 2.05) is 26.0 Å². The molecule has 1 aromatic carbocycles. The number of nitrogens with zero attached hydrogens (tertiary/aromatic N) is 2. The smallest absolute Gasteiger partial charge is 0.270 e. The molecular formula is C23H28FN3O3. The number of carbonyl (C=O) groups is 1. The number of nitrogens with one attached hydrogen (secondary N) is 1. The standard InChI is InChI=1S/C23H28FN3O3/c1-15-13-27(14-16(2)30-15)17-7-10-25-20(11-17)22(28)26-23(8-9-23)12-18-19(24)5-4-6-21(18)29-3/h4-7,10-11,15-16H,8-9,12-14H2,1-3H3,(H,26,28)/t15-,16+. The van der Waals surface area contributed by atoms with Gasteiger partial charge in [-0.25, -0.2) is 4.39 Å². The van der Waals surface area contributed by atoms with E-state index in [1.165, 1.54) is 13.2 Å². The van der Waals surface area contributed by atoms with Gasteiger partial charge in [-0.05, 0) is 51.0 Å². The van der Waals surface area contributed by atoms with Crippen LogP contribution < -0.4 is 15.0 Å². The fourth-order valence-electron chi connectivity index (χ4n) is 4.17. The van der Waals surface area contributed by atoms with Crippen LogP contribution in [0.4, 0.5) is 10.1 Å². The van der Waals surface area contributed by atoms with Crippen molar-refractivity contribution < 1.29 is 18.7 Å². The van der Waals surface area contributed by atoms with Gasteiger partial charge in [0.2, 0.25) is 0 Å². The van der Waals surface area contributed by atoms with E-state index in [0.717, 1.165) is 31.6 Å². The molecule has 1 saturated heterocycles. The summed E-state index contributed by atoms with van der Waals surface area (Å²) in [5.41, 5.74) is 1.37. The SMILES string of the molecule is COc1cccc(F)c1CC1(NC(=O)c2cc(N3C[C@@H](C)O[C@@H](C)C3)ccn2)CC1. The van der Waals surface area contributed by atoms with Crippen molar-refractivity contribution in [3.63, 3.8) is 0 Å². The number of hydrogen-bond donors (Lipinski definition) is 1. The molecular weight excluding hydrogens is 385 g/mol. The van der Waals surface area contributed by atoms with Crippen molar-refractivity contribution in [3.05, 3.63) is 53.6 Å². The van der Waals surface area contributed by atoms with E-state index >= 15 is 0 Å². The Morgan fingerprint density at radius 3 is 2.70 bits per heavy atom. The molecule has 2 aliphatic rings. The molecule has 0 radical (unpaired) electrons. The predicted molar refractivity (Wildman–Crippen MR) is 113 cm³/mol. The molecule has 1 N–H and O–H groups in total. The van der Waals surface area contributed by atoms with Crippen LogP contribution in [0.5, 0.6) is 5.75 Å². The first-order chi connectivity index (χ1) is 14.4. The average Bonchev–Trinajstić information content (AvgIpc) is 3.48. The number of morpholine rings is 1. The van der Waals surface area contributed by atoms with Gasteiger partial charge in [-0.15, -0.1) is 0 Å². The zero-order chi connectivity index (χ0) is 21.3. The lowest BCUT2D eigenvalue weighted by molar-refractivity contribution is -0.00522. The van der Waals surface area contributed by atoms with Crippen LogP contribution >= 0.6 is 0 Å². The lowest BCUT2D eigenvalue weighted by atomic mass is 10.0. The third-order valence-electron chi connectivity index (χ3n) is 5.80. The number of ether oxygens (including phenoxy) is 2. The first kappa shape index (κ1) is 20.6. The fraction of sp³-hybridized carbons (Fsp3) is 0.478. The molecule has 6 nitrogen and oxygen atoms in total. The van der Waals surface area contributed by atoms with Crippen molar-refractivity contribution >= 4 is 11.6 Å². The first-order valence-corrected chi connectivity index (χ1v) is 10.4. The number of hydrogen-bond acceptors (Lipinski definition) is 5. The molecule has 0 unspecified atom stereocenters. The van der Waals surface area contributed by atoms with Gasteiger partial charge in [0.1, 0.15) is 17.3 Å². The number of halogens is 1. The number of pyridine rings is 1. The van der Waals surface area contributed by atoms with Gasteiger partial charge in [-0.1, -0.05) is 6.07 Å². The summed E-state index contributed by atoms with van der Waals surface area (Å²) in [5.74, 6) is -0.0456. The summed E-state index contributed by atoms with van der Waals surface area (Å²) in [4.78, 5) is 19.4. The zero-order valence-electron chi connectivity index (χ0n) is 17.7. The van der Waals surface area contributed by atoms with Crippen molar-refractivity contribution in [2.24, 2.45) is 0 Å². The molecule has 0 spiro atoms. The molecule has 2 atom stereocenters. The monoisotopic (exact) mass is 413 g/mol. The summed E-state index contributed by atoms with van der Waals surface area (Å²) in [6.45, 7) is 5.63. The van der Waals surface area contributed by atoms with E-state index in [-0.39, 0.29) is 23.9 Å². The largest absolute Gasteiger partial charge is 0.496 e. The Labute approximate surface area is 176 Å². The van der Waals surface area contributed by atoms with Gasteiger partial charge in [-0.2, -0.15) is 0 Å². The van der Waals surface area contributed by atoms with Gasteiger partial charge in [-0.3, -0.25) is 9.78 Å². The Morgan fingerprint density at radius 1 is 1.30 bits per heavy atom. The van der Waals surface area contributed by atoms with E-state index < -0.39 is 5.54 Å². The third kappa shape index (κ3) is 4.41. The van der Waals surface area contributed by atoms with Gasteiger partial charge in [0.05, 0.1) is 19.3 Å². The summed E-state index contributed by atoms with van der Waals surface area (Å²) in [6, 6.07) is 8.52. The van der Waals surface area contributed by atoms with Crippen LogP contribution in [0.2, 0.25) is 0 Å². The Balaban J connectivity index is 1.48. The summed E-state index contributed by atoms with van der Waals surface area (Å²) in [7, 11) is 1.53. The summed E-state index contributed by atoms with van der Waals surface area (Å²) in [6.07, 6.45) is 3.92. The van der Waals surface area contributed by atoms with Crippen LogP contribution in [0.25, 0.3) is 0 Å². The molecule has 2 heterocycles. The Morgan fingerprint density at radius 2 is 2.03 bits per heavy atom. The van der Waals surface area contributed by atoms with Crippen LogP contribution in [0.15, 0.2) is 36.5 Å². The van der Waals surface area contributed by atoms with Gasteiger partial charge < -0.3 is 19.7 Å². The molecule has 1 amide bonds. The molecule has 7 heteroatoms. The van der Waals surface area contributed by atoms with E-state index in [2.05, 4.69) is 15.2 Å². The van der Waals surface area contributed by atoms with E-state index in [4.69, 9.17) is 9.47 Å². The number of rotatable bonds is 6. The lowest BCUT2D eigenvalue weighted by Gasteiger charge is -2.36. The topological polar surface area (TPSA) is 63.7 Å². The highest BCUT2D eigenvalue weighted by atomic mass is 19.1. The van der Waals surface area contributed by atoms with E-state index in [1.54, 1.807) is 18.3 Å². The van der Waals surface area contributed by atoms with E-state index in [9.17, 15) is 9.18 Å². The third-order valence-corrected chi connectivity index (χ3v) is 5.80. The molecule has 1 aliphatic heterocycles. The highest BCUT2D eigenvalue weighted by Crippen LogP contribution is 2.41. The highest BCUT2D eigenvalue weighted by molar-refractivity contribution is 5.94. The number of aromatic nitrogens is 1. The number of methoxy groups -OCH3 is 1. The first-order valence-electron chi connectivity index (χ1n) is 10.4. The highest BCUT2D eigenvalue weighted by Gasteiger charge is 2.45. The van der Waals surface area contributed by atoms with Gasteiger partial charge in [0, 0.05) is 42.5 Å². The molecule has 2 aromatic rings. The predicted octanol–water partition coefficient (Wildman–Crippen LogP) is 3.35. The fourth-order valence-corrected chi connectivity index (χ4v) is 4.17. The summed E-state index contributed by atoms with van der Waals surface area (Å²) < 4.78 is 25.5. The maximum absolute atomic E-state index is 14.4. The zero-order valence-corrected chi connectivity index (χ0v) is 17.7. The van der Waals surface area contributed by atoms with Crippen LogP contribution in [0.1, 0.15) is 42.7 Å². The van der Waals surface area contributed by atoms with Crippen LogP contribution in [-0.2, 0) is 11.2 Å². The van der Waals surface area contributed by atoms with E-state index in [0.29, 0.717) is 23.4 Å². The number of benzene rings is 1. The second-order valence-corrected chi connectivity index (χ2v) is 8.39. The molecule has 1 saturated carbocycles. The molecule has 160 valence electrons. The summed E-state index contributed by atoms with van der Waals surface area (Å²) >= 11 is 0. The number of amides is 1. The molecule has 2 fully saturated rings. The van der Waals surface area contributed by atoms with Crippen LogP contribution in [0, 0.1) is 5.82 Å². The molecule has 4 rings (SSSR count). The van der Waals surface area contributed by atoms with Gasteiger partial charge >= 0.3 is 0 Å². The maximum Gasteiger partial charge on any atom is 0.270 e. The lowest BCUT2D eigenvalue weighted by Crippen LogP contribution is -2.45. The Hall–Kier alpha value is -2.67. The summed E-state index contributed by atoms with van der Waals surface area (Å²) in [5, 5.41) is 3.09. The Kier molecular flexibility index (Phi) is 5.64.